The van der Waals surface area contributed by atoms with Gasteiger partial charge in [-0.3, -0.25) is 29.0 Å². The average Bonchev–Trinajstić information content (AvgIpc) is 3.61. The molecule has 14 nitrogen and oxygen atoms in total. The van der Waals surface area contributed by atoms with E-state index in [1.807, 2.05) is 0 Å². The van der Waals surface area contributed by atoms with E-state index in [1.54, 1.807) is 55.3 Å². The summed E-state index contributed by atoms with van der Waals surface area (Å²) >= 11 is 6.27. The Kier molecular flexibility index (Phi) is 9.29. The minimum atomic E-state index is -0.831. The van der Waals surface area contributed by atoms with Crippen molar-refractivity contribution in [3.05, 3.63) is 47.7 Å². The number of anilines is 3. The fourth-order valence-corrected chi connectivity index (χ4v) is 6.57. The van der Waals surface area contributed by atoms with Crippen molar-refractivity contribution in [2.75, 3.05) is 54.5 Å². The Morgan fingerprint density at radius 2 is 1.57 bits per heavy atom. The van der Waals surface area contributed by atoms with Crippen molar-refractivity contribution in [2.24, 2.45) is 0 Å². The third kappa shape index (κ3) is 6.19. The number of carbonyl (C=O) groups is 4. The van der Waals surface area contributed by atoms with Crippen LogP contribution in [-0.2, 0) is 23.9 Å². The molecule has 0 spiro atoms. The normalized spacial score (nSPS) is 21.2. The highest BCUT2D eigenvalue weighted by molar-refractivity contribution is 6.46. The number of nitrogens with zero attached hydrogens (tertiary/aromatic N) is 8. The summed E-state index contributed by atoms with van der Waals surface area (Å²) in [6.07, 6.45) is 5.58. The number of halogens is 1. The monoisotopic (exact) mass is 650 g/mol. The summed E-state index contributed by atoms with van der Waals surface area (Å²) in [5, 5.41) is 11.6. The van der Waals surface area contributed by atoms with Crippen molar-refractivity contribution in [1.82, 2.24) is 25.1 Å². The van der Waals surface area contributed by atoms with Crippen LogP contribution >= 0.6 is 11.6 Å². The van der Waals surface area contributed by atoms with Crippen LogP contribution in [0.1, 0.15) is 39.0 Å². The summed E-state index contributed by atoms with van der Waals surface area (Å²) in [7, 11) is 1.74. The fourth-order valence-electron chi connectivity index (χ4n) is 6.40. The number of para-hydroxylation sites is 1. The number of benzene rings is 2. The predicted octanol–water partition coefficient (Wildman–Crippen LogP) is 2.62. The molecule has 6 rings (SSSR count). The lowest BCUT2D eigenvalue weighted by Crippen LogP contribution is -2.55. The van der Waals surface area contributed by atoms with Crippen LogP contribution in [0.4, 0.5) is 17.1 Å². The first-order valence-corrected chi connectivity index (χ1v) is 15.7. The molecule has 3 amide bonds. The van der Waals surface area contributed by atoms with Gasteiger partial charge in [-0.1, -0.05) is 24.6 Å². The van der Waals surface area contributed by atoms with Crippen LogP contribution in [-0.4, -0.2) is 101 Å². The highest BCUT2D eigenvalue weighted by atomic mass is 35.5. The van der Waals surface area contributed by atoms with Crippen LogP contribution < -0.4 is 19.4 Å². The predicted molar refractivity (Wildman–Crippen MR) is 168 cm³/mol. The quantitative estimate of drug-likeness (QED) is 0.203. The van der Waals surface area contributed by atoms with E-state index >= 15 is 0 Å². The minimum Gasteiger partial charge on any atom is -0.422 e. The number of hydrogen-bond donors (Lipinski definition) is 0. The maximum absolute atomic E-state index is 13.7. The Bertz CT molecular complexity index is 1630. The first kappa shape index (κ1) is 31.6. The molecule has 0 unspecified atom stereocenters. The van der Waals surface area contributed by atoms with Gasteiger partial charge in [-0.25, -0.2) is 0 Å². The van der Waals surface area contributed by atoms with Gasteiger partial charge >= 0.3 is 17.8 Å². The van der Waals surface area contributed by atoms with Crippen molar-refractivity contribution < 1.29 is 28.7 Å². The molecule has 46 heavy (non-hydrogen) atoms. The zero-order chi connectivity index (χ0) is 32.4. The third-order valence-corrected chi connectivity index (χ3v) is 9.08. The number of ether oxygens (including phenoxy) is 2. The van der Waals surface area contributed by atoms with E-state index in [9.17, 15) is 19.2 Å². The van der Waals surface area contributed by atoms with E-state index in [2.05, 4.69) is 20.4 Å². The number of aromatic nitrogens is 4. The first-order chi connectivity index (χ1) is 22.3. The van der Waals surface area contributed by atoms with Crippen molar-refractivity contribution in [3.8, 4) is 11.4 Å². The van der Waals surface area contributed by atoms with E-state index in [0.29, 0.717) is 41.2 Å². The molecule has 1 saturated carbocycles. The third-order valence-electron chi connectivity index (χ3n) is 8.85. The smallest absolute Gasteiger partial charge is 0.317 e. The second-order valence-corrected chi connectivity index (χ2v) is 11.9. The van der Waals surface area contributed by atoms with Gasteiger partial charge in [0.25, 0.3) is 0 Å². The highest BCUT2D eigenvalue weighted by Gasteiger charge is 2.39. The molecule has 2 aliphatic heterocycles. The van der Waals surface area contributed by atoms with Crippen molar-refractivity contribution >= 4 is 52.4 Å². The van der Waals surface area contributed by atoms with Gasteiger partial charge in [0.2, 0.25) is 5.91 Å². The Morgan fingerprint density at radius 1 is 0.891 bits per heavy atom. The summed E-state index contributed by atoms with van der Waals surface area (Å²) < 4.78 is 12.7. The summed E-state index contributed by atoms with van der Waals surface area (Å²) in [4.78, 5) is 60.0. The number of rotatable bonds is 8. The largest absolute Gasteiger partial charge is 0.422 e. The van der Waals surface area contributed by atoms with Gasteiger partial charge in [-0.15, -0.1) is 5.10 Å². The number of esters is 1. The molecular formula is C31H35ClN8O6. The van der Waals surface area contributed by atoms with Gasteiger partial charge in [0.05, 0.1) is 35.4 Å². The van der Waals surface area contributed by atoms with Crippen molar-refractivity contribution in [3.63, 3.8) is 0 Å². The van der Waals surface area contributed by atoms with Crippen LogP contribution in [0.25, 0.3) is 5.69 Å². The van der Waals surface area contributed by atoms with Crippen molar-refractivity contribution in [2.45, 2.75) is 51.2 Å². The maximum Gasteiger partial charge on any atom is 0.317 e. The van der Waals surface area contributed by atoms with Gasteiger partial charge in [0.15, 0.2) is 5.75 Å². The molecule has 3 fully saturated rings. The summed E-state index contributed by atoms with van der Waals surface area (Å²) in [5.74, 6) is -2.23. The van der Waals surface area contributed by atoms with Crippen LogP contribution in [0.3, 0.4) is 0 Å². The molecule has 1 aromatic heterocycles. The summed E-state index contributed by atoms with van der Waals surface area (Å²) in [6, 6.07) is 10.2. The maximum atomic E-state index is 13.7. The fraction of sp³-hybridized carbons (Fsp3) is 0.452. The number of tetrazole rings is 1. The number of hydrogen-bond acceptors (Lipinski definition) is 10. The van der Waals surface area contributed by atoms with Crippen molar-refractivity contribution in [1.29, 1.82) is 0 Å². The van der Waals surface area contributed by atoms with Gasteiger partial charge in [0, 0.05) is 50.8 Å². The second kappa shape index (κ2) is 13.5. The molecule has 0 bridgehead atoms. The first-order valence-electron chi connectivity index (χ1n) is 15.4. The molecule has 1 aliphatic carbocycles. The minimum absolute atomic E-state index is 0.0727. The van der Waals surface area contributed by atoms with E-state index in [1.165, 1.54) is 20.8 Å². The lowest BCUT2D eigenvalue weighted by atomic mass is 9.91. The zero-order valence-electron chi connectivity index (χ0n) is 25.7. The van der Waals surface area contributed by atoms with E-state index in [0.717, 1.165) is 25.7 Å². The lowest BCUT2D eigenvalue weighted by Gasteiger charge is -2.41. The number of methoxy groups -OCH3 is 1. The van der Waals surface area contributed by atoms with E-state index < -0.39 is 17.8 Å². The number of amides is 3. The molecule has 0 N–H and O–H groups in total. The molecule has 3 aromatic rings. The zero-order valence-corrected chi connectivity index (χ0v) is 26.4. The molecule has 0 radical (unpaired) electrons. The topological polar surface area (TPSA) is 143 Å². The average molecular weight is 651 g/mol. The number of carbonyl (C=O) groups excluding carboxylic acids is 4. The Labute approximate surface area is 270 Å². The molecule has 242 valence electrons. The molecule has 3 heterocycles. The second-order valence-electron chi connectivity index (χ2n) is 11.4. The van der Waals surface area contributed by atoms with Gasteiger partial charge in [0.1, 0.15) is 6.33 Å². The number of piperazine rings is 2. The SMILES string of the molecule is CCC(=O)Oc1c(N2CCN(C3CCC(OC)CC3)CC2=O)cccc1N1CCN(c2cc(Cl)ccc2-n2cnnn2)C(=O)C1=O. The Balaban J connectivity index is 1.26. The van der Waals surface area contributed by atoms with Crippen LogP contribution in [0, 0.1) is 0 Å². The van der Waals surface area contributed by atoms with Gasteiger partial charge < -0.3 is 19.3 Å². The van der Waals surface area contributed by atoms with Gasteiger partial charge in [-0.2, -0.15) is 4.68 Å². The molecule has 15 heteroatoms. The van der Waals surface area contributed by atoms with E-state index in [-0.39, 0.29) is 49.5 Å². The molecule has 2 aromatic carbocycles. The summed E-state index contributed by atoms with van der Waals surface area (Å²) in [5.41, 5.74) is 1.44. The summed E-state index contributed by atoms with van der Waals surface area (Å²) in [6.45, 7) is 3.12. The van der Waals surface area contributed by atoms with Gasteiger partial charge in [-0.05, 0) is 66.4 Å². The molecule has 2 saturated heterocycles. The Hall–Kier alpha value is -4.40. The van der Waals surface area contributed by atoms with Crippen LogP contribution in [0.5, 0.6) is 5.75 Å². The Morgan fingerprint density at radius 3 is 2.20 bits per heavy atom. The molecule has 0 atom stereocenters. The standard InChI is InChI=1S/C31H35ClN8O6/c1-3-28(42)46-29-24(37-14-13-36(18-27(37)41)21-8-10-22(45-2)11-9-21)5-4-6-25(29)38-15-16-39(31(44)30(38)43)26-17-20(32)7-12-23(26)40-19-33-34-35-40/h4-7,12,17,19,21-22H,3,8-11,13-16,18H2,1-2H3. The van der Waals surface area contributed by atoms with E-state index in [4.69, 9.17) is 21.1 Å². The van der Waals surface area contributed by atoms with Crippen LogP contribution in [0.2, 0.25) is 5.02 Å². The molecule has 3 aliphatic rings. The lowest BCUT2D eigenvalue weighted by molar-refractivity contribution is -0.137. The van der Waals surface area contributed by atoms with Crippen LogP contribution in [0.15, 0.2) is 42.7 Å². The highest BCUT2D eigenvalue weighted by Crippen LogP contribution is 2.41. The molecular weight excluding hydrogens is 616 g/mol.